The molecule has 11 heteroatoms. The third-order valence-electron chi connectivity index (χ3n) is 7.94. The van der Waals surface area contributed by atoms with Crippen molar-refractivity contribution in [1.29, 1.82) is 0 Å². The molecule has 1 aliphatic carbocycles. The number of benzene rings is 1. The van der Waals surface area contributed by atoms with E-state index >= 15 is 4.39 Å². The second-order valence-electron chi connectivity index (χ2n) is 10.6. The molecule has 3 heterocycles. The molecule has 0 unspecified atom stereocenters. The number of piperidine rings is 1. The smallest absolute Gasteiger partial charge is 0.253 e. The summed E-state index contributed by atoms with van der Waals surface area (Å²) in [6.45, 7) is 2.39. The largest absolute Gasteiger partial charge is 0.351 e. The highest BCUT2D eigenvalue weighted by atomic mass is 35.5. The predicted molar refractivity (Wildman–Crippen MR) is 147 cm³/mol. The summed E-state index contributed by atoms with van der Waals surface area (Å²) < 4.78 is 15.2. The van der Waals surface area contributed by atoms with Crippen LogP contribution < -0.4 is 20.4 Å². The van der Waals surface area contributed by atoms with E-state index in [4.69, 9.17) is 16.6 Å². The van der Waals surface area contributed by atoms with Crippen LogP contribution in [0.3, 0.4) is 0 Å². The number of nitrogens with one attached hydrogen (secondary N) is 2. The summed E-state index contributed by atoms with van der Waals surface area (Å²) >= 11 is 6.43. The molecule has 2 aromatic rings. The molecule has 38 heavy (non-hydrogen) atoms. The average Bonchev–Trinajstić information content (AvgIpc) is 3.03. The zero-order valence-corrected chi connectivity index (χ0v) is 22.7. The Kier molecular flexibility index (Phi) is 7.99. The van der Waals surface area contributed by atoms with Crippen molar-refractivity contribution in [3.05, 3.63) is 34.7 Å². The maximum Gasteiger partial charge on any atom is 0.253 e. The summed E-state index contributed by atoms with van der Waals surface area (Å²) in [7, 11) is 3.78. The van der Waals surface area contributed by atoms with Gasteiger partial charge in [-0.3, -0.25) is 9.59 Å². The fourth-order valence-electron chi connectivity index (χ4n) is 5.60. The molecule has 2 N–H and O–H groups in total. The highest BCUT2D eigenvalue weighted by Crippen LogP contribution is 2.36. The van der Waals surface area contributed by atoms with E-state index in [1.807, 2.05) is 0 Å². The Labute approximate surface area is 227 Å². The highest BCUT2D eigenvalue weighted by molar-refractivity contribution is 6.34. The molecule has 1 aromatic heterocycles. The van der Waals surface area contributed by atoms with Gasteiger partial charge in [0, 0.05) is 32.1 Å². The molecule has 1 saturated carbocycles. The summed E-state index contributed by atoms with van der Waals surface area (Å²) in [5.74, 6) is -0.125. The number of hydrogen-bond donors (Lipinski definition) is 2. The number of halogens is 2. The molecule has 2 fully saturated rings. The number of rotatable bonds is 5. The molecular formula is C27H35ClFN7O2. The predicted octanol–water partition coefficient (Wildman–Crippen LogP) is 4.34. The van der Waals surface area contributed by atoms with Gasteiger partial charge in [-0.25, -0.2) is 9.37 Å². The number of amides is 2. The van der Waals surface area contributed by atoms with Gasteiger partial charge in [-0.2, -0.15) is 4.98 Å². The van der Waals surface area contributed by atoms with Crippen LogP contribution in [-0.2, 0) is 4.79 Å². The first-order valence-corrected chi connectivity index (χ1v) is 13.8. The van der Waals surface area contributed by atoms with E-state index in [1.54, 1.807) is 18.1 Å². The summed E-state index contributed by atoms with van der Waals surface area (Å²) in [5.41, 5.74) is 0.816. The van der Waals surface area contributed by atoms with Crippen LogP contribution in [0, 0.1) is 5.82 Å². The van der Waals surface area contributed by atoms with E-state index in [9.17, 15) is 9.59 Å². The molecule has 0 atom stereocenters. The number of fused-ring (bicyclic) bond motifs is 1. The van der Waals surface area contributed by atoms with Crippen molar-refractivity contribution in [2.45, 2.75) is 63.5 Å². The quantitative estimate of drug-likeness (QED) is 0.579. The molecule has 0 bridgehead atoms. The van der Waals surface area contributed by atoms with Gasteiger partial charge in [0.15, 0.2) is 5.82 Å². The van der Waals surface area contributed by atoms with Crippen LogP contribution >= 0.6 is 11.6 Å². The SMILES string of the molecule is CN1CCC(NC(=O)c2cc(F)c(Nc3ncc4c(n3)N(C3CCCCC3)CCC(=O)N4C)cc2Cl)CC1. The maximum absolute atomic E-state index is 15.2. The number of anilines is 4. The first kappa shape index (κ1) is 26.6. The standard InChI is InChI=1S/C27H35ClFN7O2/c1-34-11-8-17(9-12-34)31-26(38)19-14-21(29)22(15-20(19)28)32-27-30-16-23-25(33-27)36(13-10-24(37)35(23)2)18-6-4-3-5-7-18/h14-18H,3-13H2,1-2H3,(H,31,38)(H,30,32,33). The monoisotopic (exact) mass is 543 g/mol. The van der Waals surface area contributed by atoms with E-state index in [1.165, 1.54) is 12.5 Å². The molecule has 204 valence electrons. The molecule has 2 amide bonds. The van der Waals surface area contributed by atoms with Gasteiger partial charge in [0.2, 0.25) is 11.9 Å². The summed E-state index contributed by atoms with van der Waals surface area (Å²) in [6, 6.07) is 2.89. The molecule has 3 aliphatic rings. The van der Waals surface area contributed by atoms with Crippen molar-refractivity contribution < 1.29 is 14.0 Å². The van der Waals surface area contributed by atoms with Crippen molar-refractivity contribution >= 4 is 46.6 Å². The third kappa shape index (κ3) is 5.71. The van der Waals surface area contributed by atoms with Gasteiger partial charge in [-0.15, -0.1) is 0 Å². The lowest BCUT2D eigenvalue weighted by atomic mass is 9.94. The fraction of sp³-hybridized carbons (Fsp3) is 0.556. The summed E-state index contributed by atoms with van der Waals surface area (Å²) in [4.78, 5) is 40.6. The van der Waals surface area contributed by atoms with E-state index in [0.717, 1.165) is 57.7 Å². The third-order valence-corrected chi connectivity index (χ3v) is 8.25. The maximum atomic E-state index is 15.2. The lowest BCUT2D eigenvalue weighted by Crippen LogP contribution is -2.43. The van der Waals surface area contributed by atoms with Gasteiger partial charge < -0.3 is 25.3 Å². The van der Waals surface area contributed by atoms with Gasteiger partial charge in [0.25, 0.3) is 5.91 Å². The van der Waals surface area contributed by atoms with Crippen molar-refractivity contribution in [3.63, 3.8) is 0 Å². The molecule has 0 spiro atoms. The van der Waals surface area contributed by atoms with Crippen LogP contribution in [0.1, 0.15) is 61.7 Å². The minimum atomic E-state index is -0.627. The zero-order chi connectivity index (χ0) is 26.8. The minimum absolute atomic E-state index is 0.0146. The second kappa shape index (κ2) is 11.4. The molecule has 0 radical (unpaired) electrons. The Morgan fingerprint density at radius 1 is 1.08 bits per heavy atom. The van der Waals surface area contributed by atoms with E-state index in [2.05, 4.69) is 32.5 Å². The molecule has 1 saturated heterocycles. The van der Waals surface area contributed by atoms with Gasteiger partial charge in [0.1, 0.15) is 11.5 Å². The van der Waals surface area contributed by atoms with Crippen LogP contribution in [-0.4, -0.2) is 72.5 Å². The number of carbonyl (C=O) groups is 2. The lowest BCUT2D eigenvalue weighted by Gasteiger charge is -2.35. The topological polar surface area (TPSA) is 93.7 Å². The normalized spacial score (nSPS) is 19.7. The Balaban J connectivity index is 1.37. The Morgan fingerprint density at radius 3 is 2.55 bits per heavy atom. The van der Waals surface area contributed by atoms with Gasteiger partial charge >= 0.3 is 0 Å². The van der Waals surface area contributed by atoms with Gasteiger partial charge in [-0.1, -0.05) is 30.9 Å². The first-order valence-electron chi connectivity index (χ1n) is 13.5. The molecule has 5 rings (SSSR count). The average molecular weight is 544 g/mol. The van der Waals surface area contributed by atoms with E-state index < -0.39 is 5.82 Å². The van der Waals surface area contributed by atoms with Crippen LogP contribution in [0.5, 0.6) is 0 Å². The van der Waals surface area contributed by atoms with Crippen LogP contribution in [0.2, 0.25) is 5.02 Å². The van der Waals surface area contributed by atoms with Crippen molar-refractivity contribution in [2.24, 2.45) is 0 Å². The number of likely N-dealkylation sites (tertiary alicyclic amines) is 1. The van der Waals surface area contributed by atoms with Crippen LogP contribution in [0.15, 0.2) is 18.3 Å². The fourth-order valence-corrected chi connectivity index (χ4v) is 5.85. The Morgan fingerprint density at radius 2 is 1.82 bits per heavy atom. The van der Waals surface area contributed by atoms with Gasteiger partial charge in [-0.05, 0) is 58.0 Å². The highest BCUT2D eigenvalue weighted by Gasteiger charge is 2.31. The lowest BCUT2D eigenvalue weighted by molar-refractivity contribution is -0.118. The van der Waals surface area contributed by atoms with Crippen molar-refractivity contribution in [1.82, 2.24) is 20.2 Å². The van der Waals surface area contributed by atoms with Gasteiger partial charge in [0.05, 0.1) is 22.5 Å². The van der Waals surface area contributed by atoms with Crippen molar-refractivity contribution in [3.8, 4) is 0 Å². The van der Waals surface area contributed by atoms with E-state index in [-0.39, 0.29) is 40.1 Å². The molecule has 1 aromatic carbocycles. The molecule has 9 nitrogen and oxygen atoms in total. The minimum Gasteiger partial charge on any atom is -0.351 e. The Hall–Kier alpha value is -2.98. The molecule has 2 aliphatic heterocycles. The summed E-state index contributed by atoms with van der Waals surface area (Å²) in [5, 5.41) is 6.06. The van der Waals surface area contributed by atoms with Crippen LogP contribution in [0.25, 0.3) is 0 Å². The van der Waals surface area contributed by atoms with E-state index in [0.29, 0.717) is 30.5 Å². The first-order chi connectivity index (χ1) is 18.3. The van der Waals surface area contributed by atoms with Crippen molar-refractivity contribution in [2.75, 3.05) is 48.8 Å². The number of aromatic nitrogens is 2. The number of carbonyl (C=O) groups excluding carboxylic acids is 2. The summed E-state index contributed by atoms with van der Waals surface area (Å²) in [6.07, 6.45) is 9.32. The Bertz CT molecular complexity index is 1200. The number of hydrogen-bond acceptors (Lipinski definition) is 7. The molecular weight excluding hydrogens is 509 g/mol. The second-order valence-corrected chi connectivity index (χ2v) is 11.0. The zero-order valence-electron chi connectivity index (χ0n) is 22.0. The van der Waals surface area contributed by atoms with Crippen LogP contribution in [0.4, 0.5) is 27.5 Å². The number of nitrogens with zero attached hydrogens (tertiary/aromatic N) is 5.